The van der Waals surface area contributed by atoms with E-state index in [-0.39, 0.29) is 12.5 Å². The molecule has 1 N–H and O–H groups in total. The lowest BCUT2D eigenvalue weighted by Gasteiger charge is -2.10. The fourth-order valence-electron chi connectivity index (χ4n) is 2.51. The van der Waals surface area contributed by atoms with Crippen LogP contribution in [0.3, 0.4) is 0 Å². The van der Waals surface area contributed by atoms with E-state index < -0.39 is 0 Å². The number of ether oxygens (including phenoxy) is 1. The Bertz CT molecular complexity index is 724. The van der Waals surface area contributed by atoms with Gasteiger partial charge in [-0.25, -0.2) is 5.43 Å². The van der Waals surface area contributed by atoms with Gasteiger partial charge in [0.1, 0.15) is 5.75 Å². The Kier molecular flexibility index (Phi) is 7.20. The largest absolute Gasteiger partial charge is 0.483 e. The first-order chi connectivity index (χ1) is 12.1. The maximum Gasteiger partial charge on any atom is 0.277 e. The van der Waals surface area contributed by atoms with Crippen molar-refractivity contribution >= 4 is 11.6 Å². The summed E-state index contributed by atoms with van der Waals surface area (Å²) in [5.74, 6) is 0.462. The second kappa shape index (κ2) is 9.62. The van der Waals surface area contributed by atoms with Crippen LogP contribution in [0.4, 0.5) is 0 Å². The van der Waals surface area contributed by atoms with Crippen LogP contribution in [0.25, 0.3) is 0 Å². The molecule has 0 aliphatic carbocycles. The molecule has 0 unspecified atom stereocenters. The predicted octanol–water partition coefficient (Wildman–Crippen LogP) is 4.39. The molecule has 0 spiro atoms. The van der Waals surface area contributed by atoms with E-state index in [0.717, 1.165) is 41.9 Å². The number of carbonyl (C=O) groups is 1. The van der Waals surface area contributed by atoms with Gasteiger partial charge >= 0.3 is 0 Å². The molecule has 0 atom stereocenters. The number of nitrogens with zero attached hydrogens (tertiary/aromatic N) is 1. The number of aryl methyl sites for hydroxylation is 2. The average molecular weight is 338 g/mol. The van der Waals surface area contributed by atoms with Crippen LogP contribution in [-0.2, 0) is 4.79 Å². The van der Waals surface area contributed by atoms with Crippen molar-refractivity contribution in [3.8, 4) is 5.75 Å². The molecule has 0 radical (unpaired) electrons. The first-order valence-corrected chi connectivity index (χ1v) is 8.71. The summed E-state index contributed by atoms with van der Waals surface area (Å²) in [4.78, 5) is 12.1. The maximum absolute atomic E-state index is 12.1. The van der Waals surface area contributed by atoms with E-state index in [2.05, 4.69) is 17.5 Å². The smallest absolute Gasteiger partial charge is 0.277 e. The van der Waals surface area contributed by atoms with E-state index in [4.69, 9.17) is 4.74 Å². The molecule has 25 heavy (non-hydrogen) atoms. The fraction of sp³-hybridized carbons (Fsp3) is 0.333. The highest BCUT2D eigenvalue weighted by Crippen LogP contribution is 2.18. The molecule has 0 fully saturated rings. The van der Waals surface area contributed by atoms with Gasteiger partial charge in [0.15, 0.2) is 6.61 Å². The summed E-state index contributed by atoms with van der Waals surface area (Å²) >= 11 is 0. The van der Waals surface area contributed by atoms with Crippen molar-refractivity contribution in [1.29, 1.82) is 0 Å². The van der Waals surface area contributed by atoms with Gasteiger partial charge in [-0.1, -0.05) is 61.4 Å². The number of benzene rings is 2. The number of rotatable bonds is 8. The van der Waals surface area contributed by atoms with E-state index in [1.807, 2.05) is 62.4 Å². The minimum Gasteiger partial charge on any atom is -0.483 e. The molecule has 0 heterocycles. The van der Waals surface area contributed by atoms with Gasteiger partial charge in [0.2, 0.25) is 0 Å². The summed E-state index contributed by atoms with van der Waals surface area (Å²) in [7, 11) is 0. The molecular weight excluding hydrogens is 312 g/mol. The Labute approximate surface area is 149 Å². The summed E-state index contributed by atoms with van der Waals surface area (Å²) in [5.41, 5.74) is 6.73. The lowest BCUT2D eigenvalue weighted by molar-refractivity contribution is -0.123. The normalized spacial score (nSPS) is 11.2. The zero-order valence-electron chi connectivity index (χ0n) is 15.2. The first-order valence-electron chi connectivity index (χ1n) is 8.71. The van der Waals surface area contributed by atoms with Crippen molar-refractivity contribution in [3.63, 3.8) is 0 Å². The zero-order valence-corrected chi connectivity index (χ0v) is 15.2. The number of carbonyl (C=O) groups excluding carboxylic acids is 1. The minimum atomic E-state index is -0.259. The second-order valence-electron chi connectivity index (χ2n) is 6.12. The summed E-state index contributed by atoms with van der Waals surface area (Å²) in [6, 6.07) is 15.8. The monoisotopic (exact) mass is 338 g/mol. The first kappa shape index (κ1) is 18.7. The Morgan fingerprint density at radius 3 is 2.56 bits per heavy atom. The van der Waals surface area contributed by atoms with Crippen LogP contribution in [0.2, 0.25) is 0 Å². The Hall–Kier alpha value is -2.62. The van der Waals surface area contributed by atoms with E-state index in [9.17, 15) is 4.79 Å². The van der Waals surface area contributed by atoms with Crippen molar-refractivity contribution in [2.24, 2.45) is 5.10 Å². The molecule has 0 saturated carbocycles. The number of unbranched alkanes of at least 4 members (excludes halogenated alkanes) is 1. The van der Waals surface area contributed by atoms with Gasteiger partial charge in [-0.3, -0.25) is 4.79 Å². The molecular formula is C21H26N2O2. The highest BCUT2D eigenvalue weighted by atomic mass is 16.5. The molecule has 2 aromatic rings. The topological polar surface area (TPSA) is 50.7 Å². The van der Waals surface area contributed by atoms with Gasteiger partial charge in [0.05, 0.1) is 5.71 Å². The summed E-state index contributed by atoms with van der Waals surface area (Å²) < 4.78 is 5.59. The van der Waals surface area contributed by atoms with Crippen LogP contribution in [0.1, 0.15) is 42.9 Å². The molecule has 4 heteroatoms. The number of amides is 1. The minimum absolute atomic E-state index is 0.0523. The molecule has 0 aliphatic rings. The van der Waals surface area contributed by atoms with E-state index >= 15 is 0 Å². The van der Waals surface area contributed by atoms with Crippen LogP contribution in [-0.4, -0.2) is 18.2 Å². The van der Waals surface area contributed by atoms with Gasteiger partial charge in [0.25, 0.3) is 5.91 Å². The molecule has 0 aliphatic heterocycles. The van der Waals surface area contributed by atoms with Crippen LogP contribution in [0, 0.1) is 13.8 Å². The molecule has 1 amide bonds. The van der Waals surface area contributed by atoms with E-state index in [1.54, 1.807) is 0 Å². The highest BCUT2D eigenvalue weighted by Gasteiger charge is 2.07. The summed E-state index contributed by atoms with van der Waals surface area (Å²) in [6.45, 7) is 6.08. The molecule has 0 aromatic heterocycles. The van der Waals surface area contributed by atoms with Gasteiger partial charge < -0.3 is 4.74 Å². The molecule has 132 valence electrons. The quantitative estimate of drug-likeness (QED) is 0.573. The lowest BCUT2D eigenvalue weighted by atomic mass is 10.1. The van der Waals surface area contributed by atoms with Crippen molar-refractivity contribution in [1.82, 2.24) is 5.43 Å². The van der Waals surface area contributed by atoms with Crippen LogP contribution in [0.15, 0.2) is 53.6 Å². The van der Waals surface area contributed by atoms with Crippen molar-refractivity contribution in [3.05, 3.63) is 65.2 Å². The molecule has 2 rings (SSSR count). The number of hydrazone groups is 1. The maximum atomic E-state index is 12.1. The van der Waals surface area contributed by atoms with E-state index in [0.29, 0.717) is 0 Å². The number of nitrogens with one attached hydrogen (secondary N) is 1. The lowest BCUT2D eigenvalue weighted by Crippen LogP contribution is -2.26. The molecule has 2 aromatic carbocycles. The fourth-order valence-corrected chi connectivity index (χ4v) is 2.51. The van der Waals surface area contributed by atoms with Gasteiger partial charge in [-0.15, -0.1) is 0 Å². The average Bonchev–Trinajstić information content (AvgIpc) is 2.62. The SMILES string of the molecule is CCCCC(=NNC(=O)COc1ccc(C)cc1C)c1ccccc1. The second-order valence-corrected chi connectivity index (χ2v) is 6.12. The Balaban J connectivity index is 1.96. The molecule has 4 nitrogen and oxygen atoms in total. The van der Waals surface area contributed by atoms with Gasteiger partial charge in [-0.05, 0) is 43.9 Å². The summed E-state index contributed by atoms with van der Waals surface area (Å²) in [5, 5.41) is 4.32. The molecule has 0 bridgehead atoms. The Morgan fingerprint density at radius 2 is 1.88 bits per heavy atom. The van der Waals surface area contributed by atoms with Crippen molar-refractivity contribution in [2.45, 2.75) is 40.0 Å². The Morgan fingerprint density at radius 1 is 1.12 bits per heavy atom. The predicted molar refractivity (Wildman–Crippen MR) is 102 cm³/mol. The van der Waals surface area contributed by atoms with Crippen LogP contribution < -0.4 is 10.2 Å². The highest BCUT2D eigenvalue weighted by molar-refractivity contribution is 6.01. The van der Waals surface area contributed by atoms with Crippen LogP contribution in [0.5, 0.6) is 5.75 Å². The third-order valence-electron chi connectivity index (χ3n) is 3.88. The number of hydrogen-bond acceptors (Lipinski definition) is 3. The van der Waals surface area contributed by atoms with Crippen LogP contribution >= 0.6 is 0 Å². The summed E-state index contributed by atoms with van der Waals surface area (Å²) in [6.07, 6.45) is 2.94. The zero-order chi connectivity index (χ0) is 18.1. The molecule has 0 saturated heterocycles. The van der Waals surface area contributed by atoms with E-state index in [1.165, 1.54) is 5.56 Å². The van der Waals surface area contributed by atoms with Gasteiger partial charge in [0, 0.05) is 0 Å². The number of hydrogen-bond donors (Lipinski definition) is 1. The van der Waals surface area contributed by atoms with Crippen molar-refractivity contribution < 1.29 is 9.53 Å². The van der Waals surface area contributed by atoms with Gasteiger partial charge in [-0.2, -0.15) is 5.10 Å². The van der Waals surface area contributed by atoms with Crippen molar-refractivity contribution in [2.75, 3.05) is 6.61 Å². The third-order valence-corrected chi connectivity index (χ3v) is 3.88. The third kappa shape index (κ3) is 6.07. The standard InChI is InChI=1S/C21H26N2O2/c1-4-5-11-19(18-9-7-6-8-10-18)22-23-21(24)15-25-20-13-12-16(2)14-17(20)3/h6-10,12-14H,4-5,11,15H2,1-3H3,(H,23,24).